The highest BCUT2D eigenvalue weighted by Gasteiger charge is 2.60. The Morgan fingerprint density at radius 2 is 2.12 bits per heavy atom. The van der Waals surface area contributed by atoms with E-state index in [2.05, 4.69) is 17.2 Å². The molecule has 2 atom stereocenters. The average Bonchev–Trinajstić information content (AvgIpc) is 3.05. The highest BCUT2D eigenvalue weighted by atomic mass is 35.5. The second-order valence-electron chi connectivity index (χ2n) is 5.63. The van der Waals surface area contributed by atoms with Gasteiger partial charge in [-0.15, -0.1) is 0 Å². The summed E-state index contributed by atoms with van der Waals surface area (Å²) in [5.41, 5.74) is -3.19. The second kappa shape index (κ2) is 6.71. The van der Waals surface area contributed by atoms with Crippen LogP contribution >= 0.6 is 11.6 Å². The molecule has 3 rings (SSSR count). The van der Waals surface area contributed by atoms with Gasteiger partial charge in [0.05, 0.1) is 11.8 Å². The zero-order chi connectivity index (χ0) is 18.9. The molecular formula is C18H13ClF3NO3. The molecule has 0 spiro atoms. The predicted octanol–water partition coefficient (Wildman–Crippen LogP) is 4.49. The van der Waals surface area contributed by atoms with E-state index in [-0.39, 0.29) is 28.3 Å². The van der Waals surface area contributed by atoms with Gasteiger partial charge >= 0.3 is 6.18 Å². The number of hydrogen-bond acceptors (Lipinski definition) is 3. The summed E-state index contributed by atoms with van der Waals surface area (Å²) in [4.78, 5) is 12.2. The molecule has 1 aliphatic heterocycles. The Morgan fingerprint density at radius 3 is 2.73 bits per heavy atom. The number of hydrogen-bond donors (Lipinski definition) is 1. The summed E-state index contributed by atoms with van der Waals surface area (Å²) in [5.74, 6) is 3.92. The fourth-order valence-electron chi connectivity index (χ4n) is 2.61. The molecule has 2 aromatic rings. The Hall–Kier alpha value is -2.43. The SMILES string of the molecule is CC[C@@H]1O[C@](C#Cc2ccoc2)(C(F)(F)F)c2cc(Cl)ccc2NC1=O. The third-order valence-electron chi connectivity index (χ3n) is 3.90. The Bertz CT molecular complexity index is 883. The quantitative estimate of drug-likeness (QED) is 0.738. The molecule has 0 bridgehead atoms. The molecule has 26 heavy (non-hydrogen) atoms. The molecule has 1 aliphatic rings. The summed E-state index contributed by atoms with van der Waals surface area (Å²) >= 11 is 5.91. The van der Waals surface area contributed by atoms with E-state index in [1.54, 1.807) is 6.92 Å². The van der Waals surface area contributed by atoms with E-state index in [0.717, 1.165) is 6.07 Å². The van der Waals surface area contributed by atoms with Crippen LogP contribution in [0.25, 0.3) is 0 Å². The van der Waals surface area contributed by atoms with Crippen LogP contribution in [0.4, 0.5) is 18.9 Å². The van der Waals surface area contributed by atoms with Crippen LogP contribution in [0, 0.1) is 11.8 Å². The van der Waals surface area contributed by atoms with Crippen LogP contribution in [-0.2, 0) is 15.1 Å². The van der Waals surface area contributed by atoms with Crippen LogP contribution in [0.1, 0.15) is 24.5 Å². The lowest BCUT2D eigenvalue weighted by Crippen LogP contribution is -2.46. The van der Waals surface area contributed by atoms with E-state index in [0.29, 0.717) is 0 Å². The maximum atomic E-state index is 14.2. The van der Waals surface area contributed by atoms with Gasteiger partial charge in [0.15, 0.2) is 0 Å². The number of amides is 1. The number of carbonyl (C=O) groups excluding carboxylic acids is 1. The third-order valence-corrected chi connectivity index (χ3v) is 4.14. The first-order valence-corrected chi connectivity index (χ1v) is 8.05. The van der Waals surface area contributed by atoms with Crippen LogP contribution in [0.3, 0.4) is 0 Å². The summed E-state index contributed by atoms with van der Waals surface area (Å²) < 4.78 is 52.8. The Balaban J connectivity index is 2.29. The lowest BCUT2D eigenvalue weighted by Gasteiger charge is -2.32. The van der Waals surface area contributed by atoms with Gasteiger partial charge in [0.2, 0.25) is 0 Å². The van der Waals surface area contributed by atoms with E-state index in [1.807, 2.05) is 0 Å². The number of anilines is 1. The number of rotatable bonds is 1. The van der Waals surface area contributed by atoms with Crippen molar-refractivity contribution in [1.82, 2.24) is 0 Å². The van der Waals surface area contributed by atoms with Gasteiger partial charge < -0.3 is 14.5 Å². The van der Waals surface area contributed by atoms with E-state index in [9.17, 15) is 18.0 Å². The fraction of sp³-hybridized carbons (Fsp3) is 0.278. The maximum Gasteiger partial charge on any atom is 0.433 e. The molecule has 0 radical (unpaired) electrons. The van der Waals surface area contributed by atoms with Gasteiger partial charge in [0.1, 0.15) is 12.4 Å². The number of benzene rings is 1. The number of carbonyl (C=O) groups is 1. The van der Waals surface area contributed by atoms with Crippen molar-refractivity contribution in [1.29, 1.82) is 0 Å². The van der Waals surface area contributed by atoms with Crippen molar-refractivity contribution >= 4 is 23.2 Å². The molecule has 1 aromatic carbocycles. The number of fused-ring (bicyclic) bond motifs is 1. The molecule has 0 aliphatic carbocycles. The molecule has 8 heteroatoms. The Labute approximate surface area is 152 Å². The lowest BCUT2D eigenvalue weighted by atomic mass is 9.91. The highest BCUT2D eigenvalue weighted by molar-refractivity contribution is 6.30. The van der Waals surface area contributed by atoms with Crippen molar-refractivity contribution in [3.8, 4) is 11.8 Å². The Kier molecular flexibility index (Phi) is 4.74. The summed E-state index contributed by atoms with van der Waals surface area (Å²) in [6.45, 7) is 1.55. The number of halogens is 4. The van der Waals surface area contributed by atoms with E-state index in [1.165, 1.54) is 30.7 Å². The third kappa shape index (κ3) is 3.18. The van der Waals surface area contributed by atoms with E-state index < -0.39 is 23.8 Å². The van der Waals surface area contributed by atoms with Crippen molar-refractivity contribution in [2.45, 2.75) is 31.2 Å². The monoisotopic (exact) mass is 383 g/mol. The van der Waals surface area contributed by atoms with Gasteiger partial charge in [-0.05, 0) is 36.6 Å². The molecule has 0 unspecified atom stereocenters. The lowest BCUT2D eigenvalue weighted by molar-refractivity contribution is -0.268. The molecule has 1 N–H and O–H groups in total. The summed E-state index contributed by atoms with van der Waals surface area (Å²) in [5, 5.41) is 2.53. The number of nitrogens with one attached hydrogen (secondary N) is 1. The standard InChI is InChI=1S/C18H13ClF3NO3/c1-2-15-16(24)23-14-4-3-12(19)9-13(14)17(26-15,18(20,21)22)7-5-11-6-8-25-10-11/h3-4,6,8-10,15H,2H2,1H3,(H,23,24)/t15-,17-/m0/s1. The van der Waals surface area contributed by atoms with Crippen molar-refractivity contribution < 1.29 is 27.1 Å². The molecular weight excluding hydrogens is 371 g/mol. The minimum atomic E-state index is -4.93. The van der Waals surface area contributed by atoms with Gasteiger partial charge in [0.25, 0.3) is 11.5 Å². The largest absolute Gasteiger partial charge is 0.471 e. The first kappa shape index (κ1) is 18.4. The van der Waals surface area contributed by atoms with Crippen molar-refractivity contribution in [3.63, 3.8) is 0 Å². The minimum Gasteiger partial charge on any atom is -0.471 e. The first-order chi connectivity index (χ1) is 12.3. The van der Waals surface area contributed by atoms with Crippen molar-refractivity contribution in [3.05, 3.63) is 52.9 Å². The number of furan rings is 1. The zero-order valence-electron chi connectivity index (χ0n) is 13.5. The topological polar surface area (TPSA) is 51.5 Å². The predicted molar refractivity (Wildman–Crippen MR) is 88.6 cm³/mol. The van der Waals surface area contributed by atoms with Gasteiger partial charge in [-0.25, -0.2) is 0 Å². The van der Waals surface area contributed by atoms with Gasteiger partial charge in [-0.2, -0.15) is 13.2 Å². The normalized spacial score (nSPS) is 22.7. The summed E-state index contributed by atoms with van der Waals surface area (Å²) in [7, 11) is 0. The maximum absolute atomic E-state index is 14.2. The van der Waals surface area contributed by atoms with Crippen LogP contribution < -0.4 is 5.32 Å². The first-order valence-electron chi connectivity index (χ1n) is 7.67. The molecule has 0 saturated heterocycles. The molecule has 0 saturated carbocycles. The average molecular weight is 384 g/mol. The summed E-state index contributed by atoms with van der Waals surface area (Å²) in [6.07, 6.45) is -3.71. The van der Waals surface area contributed by atoms with Gasteiger partial charge in [-0.3, -0.25) is 4.79 Å². The van der Waals surface area contributed by atoms with Crippen molar-refractivity contribution in [2.24, 2.45) is 0 Å². The van der Waals surface area contributed by atoms with Crippen LogP contribution in [-0.4, -0.2) is 18.2 Å². The zero-order valence-corrected chi connectivity index (χ0v) is 14.2. The molecule has 136 valence electrons. The van der Waals surface area contributed by atoms with Crippen LogP contribution in [0.5, 0.6) is 0 Å². The molecule has 2 heterocycles. The van der Waals surface area contributed by atoms with E-state index >= 15 is 0 Å². The molecule has 1 amide bonds. The van der Waals surface area contributed by atoms with Gasteiger partial charge in [-0.1, -0.05) is 24.4 Å². The summed E-state index contributed by atoms with van der Waals surface area (Å²) in [6, 6.07) is 5.22. The minimum absolute atomic E-state index is 0.0405. The smallest absolute Gasteiger partial charge is 0.433 e. The highest BCUT2D eigenvalue weighted by Crippen LogP contribution is 2.48. The molecule has 4 nitrogen and oxygen atoms in total. The molecule has 1 aromatic heterocycles. The van der Waals surface area contributed by atoms with Gasteiger partial charge in [0, 0.05) is 16.3 Å². The van der Waals surface area contributed by atoms with Crippen LogP contribution in [0.2, 0.25) is 5.02 Å². The van der Waals surface area contributed by atoms with E-state index in [4.69, 9.17) is 20.8 Å². The van der Waals surface area contributed by atoms with Crippen LogP contribution in [0.15, 0.2) is 41.2 Å². The second-order valence-corrected chi connectivity index (χ2v) is 6.07. The van der Waals surface area contributed by atoms with Crippen molar-refractivity contribution in [2.75, 3.05) is 5.32 Å². The number of alkyl halides is 3. The Morgan fingerprint density at radius 1 is 1.35 bits per heavy atom. The number of ether oxygens (including phenoxy) is 1. The fourth-order valence-corrected chi connectivity index (χ4v) is 2.78. The molecule has 0 fully saturated rings.